The zero-order valence-electron chi connectivity index (χ0n) is 15.0. The van der Waals surface area contributed by atoms with E-state index in [2.05, 4.69) is 25.6 Å². The van der Waals surface area contributed by atoms with E-state index in [0.29, 0.717) is 48.7 Å². The van der Waals surface area contributed by atoms with Crippen LogP contribution in [-0.4, -0.2) is 70.8 Å². The van der Waals surface area contributed by atoms with Crippen molar-refractivity contribution < 1.29 is 18.8 Å². The van der Waals surface area contributed by atoms with E-state index >= 15 is 0 Å². The molecule has 1 saturated heterocycles. The van der Waals surface area contributed by atoms with Crippen molar-refractivity contribution in [3.63, 3.8) is 0 Å². The Kier molecular flexibility index (Phi) is 6.50. The molecule has 146 valence electrons. The predicted octanol–water partition coefficient (Wildman–Crippen LogP) is 1.84. The second kappa shape index (κ2) is 9.04. The quantitative estimate of drug-likeness (QED) is 0.710. The maximum atomic E-state index is 11.9. The third-order valence-corrected chi connectivity index (χ3v) is 5.81. The molecule has 0 unspecified atom stereocenters. The fourth-order valence-corrected chi connectivity index (χ4v) is 4.11. The number of hydrogen-bond acceptors (Lipinski definition) is 10. The molecule has 10 nitrogen and oxygen atoms in total. The minimum Gasteiger partial charge on any atom is -0.450 e. The molecule has 1 N–H and O–H groups in total. The van der Waals surface area contributed by atoms with Gasteiger partial charge in [-0.2, -0.15) is 0 Å². The summed E-state index contributed by atoms with van der Waals surface area (Å²) < 4.78 is 10.6. The summed E-state index contributed by atoms with van der Waals surface area (Å²) >= 11 is 2.74. The van der Waals surface area contributed by atoms with E-state index in [1.807, 2.05) is 0 Å². The Hall–Kier alpha value is -2.34. The smallest absolute Gasteiger partial charge is 0.409 e. The third-order valence-electron chi connectivity index (χ3n) is 3.69. The van der Waals surface area contributed by atoms with Crippen molar-refractivity contribution in [1.82, 2.24) is 20.3 Å². The third kappa shape index (κ3) is 5.32. The van der Waals surface area contributed by atoms with Crippen molar-refractivity contribution in [3.8, 4) is 0 Å². The number of thioether (sulfide) groups is 1. The minimum absolute atomic E-state index is 0.187. The fraction of sp³-hybridized carbons (Fsp3) is 0.533. The van der Waals surface area contributed by atoms with Crippen LogP contribution in [0.4, 0.5) is 15.7 Å². The SMILES string of the molecule is CCOC(=O)N1CCN(c2nnc(SCC(=O)Nc3cc(C)on3)s2)CC1. The van der Waals surface area contributed by atoms with Crippen molar-refractivity contribution in [2.75, 3.05) is 48.8 Å². The molecule has 27 heavy (non-hydrogen) atoms. The highest BCUT2D eigenvalue weighted by Gasteiger charge is 2.24. The van der Waals surface area contributed by atoms with Gasteiger partial charge >= 0.3 is 6.09 Å². The highest BCUT2D eigenvalue weighted by molar-refractivity contribution is 8.01. The summed E-state index contributed by atoms with van der Waals surface area (Å²) in [5.74, 6) is 1.05. The number of aromatic nitrogens is 3. The van der Waals surface area contributed by atoms with Crippen LogP contribution in [0, 0.1) is 6.92 Å². The lowest BCUT2D eigenvalue weighted by molar-refractivity contribution is -0.113. The summed E-state index contributed by atoms with van der Waals surface area (Å²) in [6.45, 7) is 6.43. The summed E-state index contributed by atoms with van der Waals surface area (Å²) in [5.41, 5.74) is 0. The lowest BCUT2D eigenvalue weighted by Gasteiger charge is -2.33. The predicted molar refractivity (Wildman–Crippen MR) is 101 cm³/mol. The zero-order chi connectivity index (χ0) is 19.2. The molecule has 3 heterocycles. The zero-order valence-corrected chi connectivity index (χ0v) is 16.6. The van der Waals surface area contributed by atoms with Crippen molar-refractivity contribution >= 4 is 46.0 Å². The Morgan fingerprint density at radius 2 is 2.11 bits per heavy atom. The monoisotopic (exact) mass is 412 g/mol. The average molecular weight is 412 g/mol. The average Bonchev–Trinajstić information content (AvgIpc) is 3.29. The molecule has 1 aliphatic rings. The first-order valence-electron chi connectivity index (χ1n) is 8.41. The fourth-order valence-electron chi connectivity index (χ4n) is 2.42. The van der Waals surface area contributed by atoms with Crippen molar-refractivity contribution in [2.24, 2.45) is 0 Å². The number of amides is 2. The molecular formula is C15H20N6O4S2. The lowest BCUT2D eigenvalue weighted by atomic mass is 10.3. The molecule has 0 atom stereocenters. The molecule has 3 rings (SSSR count). The van der Waals surface area contributed by atoms with Gasteiger partial charge in [-0.25, -0.2) is 4.79 Å². The Balaban J connectivity index is 1.45. The summed E-state index contributed by atoms with van der Waals surface area (Å²) in [4.78, 5) is 27.4. The molecule has 0 bridgehead atoms. The number of aryl methyl sites for hydroxylation is 1. The van der Waals surface area contributed by atoms with Gasteiger partial charge in [0.15, 0.2) is 10.2 Å². The second-order valence-corrected chi connectivity index (χ2v) is 7.86. The highest BCUT2D eigenvalue weighted by atomic mass is 32.2. The maximum absolute atomic E-state index is 11.9. The van der Waals surface area contributed by atoms with Gasteiger partial charge < -0.3 is 24.4 Å². The summed E-state index contributed by atoms with van der Waals surface area (Å²) in [7, 11) is 0. The second-order valence-electron chi connectivity index (χ2n) is 5.68. The molecule has 0 spiro atoms. The Morgan fingerprint density at radius 3 is 2.78 bits per heavy atom. The summed E-state index contributed by atoms with van der Waals surface area (Å²) in [6.07, 6.45) is -0.279. The Bertz CT molecular complexity index is 787. The van der Waals surface area contributed by atoms with Crippen LogP contribution in [0.3, 0.4) is 0 Å². The van der Waals surface area contributed by atoms with Crippen LogP contribution in [0.1, 0.15) is 12.7 Å². The summed E-state index contributed by atoms with van der Waals surface area (Å²) in [6, 6.07) is 1.65. The highest BCUT2D eigenvalue weighted by Crippen LogP contribution is 2.28. The Morgan fingerprint density at radius 1 is 1.33 bits per heavy atom. The maximum Gasteiger partial charge on any atom is 0.409 e. The van der Waals surface area contributed by atoms with Crippen LogP contribution in [-0.2, 0) is 9.53 Å². The van der Waals surface area contributed by atoms with Crippen LogP contribution in [0.15, 0.2) is 14.9 Å². The van der Waals surface area contributed by atoms with Crippen LogP contribution in [0.5, 0.6) is 0 Å². The van der Waals surface area contributed by atoms with E-state index in [0.717, 1.165) is 5.13 Å². The molecular weight excluding hydrogens is 392 g/mol. The molecule has 0 aliphatic carbocycles. The van der Waals surface area contributed by atoms with E-state index in [-0.39, 0.29) is 17.8 Å². The number of nitrogens with zero attached hydrogens (tertiary/aromatic N) is 5. The Labute approximate surface area is 164 Å². The number of carbonyl (C=O) groups excluding carboxylic acids is 2. The number of ether oxygens (including phenoxy) is 1. The molecule has 2 aromatic heterocycles. The lowest BCUT2D eigenvalue weighted by Crippen LogP contribution is -2.49. The molecule has 1 aliphatic heterocycles. The van der Waals surface area contributed by atoms with Crippen LogP contribution < -0.4 is 10.2 Å². The molecule has 2 aromatic rings. The first-order chi connectivity index (χ1) is 13.0. The number of rotatable bonds is 6. The van der Waals surface area contributed by atoms with E-state index < -0.39 is 0 Å². The number of anilines is 2. The standard InChI is InChI=1S/C15H20N6O4S2/c1-3-24-15(23)21-6-4-20(5-7-21)13-17-18-14(27-13)26-9-12(22)16-11-8-10(2)25-19-11/h8H,3-7,9H2,1-2H3,(H,16,19,22). The van der Waals surface area contributed by atoms with Gasteiger partial charge in [-0.3, -0.25) is 4.79 Å². The van der Waals surface area contributed by atoms with Gasteiger partial charge in [-0.05, 0) is 13.8 Å². The molecule has 12 heteroatoms. The number of hydrogen-bond donors (Lipinski definition) is 1. The van der Waals surface area contributed by atoms with Crippen molar-refractivity contribution in [1.29, 1.82) is 0 Å². The first kappa shape index (κ1) is 19.4. The normalized spacial score (nSPS) is 14.3. The molecule has 0 radical (unpaired) electrons. The van der Waals surface area contributed by atoms with E-state index in [1.54, 1.807) is 24.8 Å². The van der Waals surface area contributed by atoms with E-state index in [1.165, 1.54) is 23.1 Å². The molecule has 0 aromatic carbocycles. The van der Waals surface area contributed by atoms with Crippen molar-refractivity contribution in [3.05, 3.63) is 11.8 Å². The summed E-state index contributed by atoms with van der Waals surface area (Å²) in [5, 5.41) is 15.5. The van der Waals surface area contributed by atoms with Gasteiger partial charge in [0, 0.05) is 32.2 Å². The van der Waals surface area contributed by atoms with Gasteiger partial charge in [-0.15, -0.1) is 10.2 Å². The van der Waals surface area contributed by atoms with Crippen molar-refractivity contribution in [2.45, 2.75) is 18.2 Å². The molecule has 1 fully saturated rings. The van der Waals surface area contributed by atoms with Crippen LogP contribution in [0.2, 0.25) is 0 Å². The van der Waals surface area contributed by atoms with Gasteiger partial charge in [0.1, 0.15) is 5.76 Å². The number of nitrogens with one attached hydrogen (secondary N) is 1. The minimum atomic E-state index is -0.279. The van der Waals surface area contributed by atoms with Crippen LogP contribution in [0.25, 0.3) is 0 Å². The molecule has 2 amide bonds. The van der Waals surface area contributed by atoms with E-state index in [4.69, 9.17) is 9.26 Å². The topological polar surface area (TPSA) is 114 Å². The van der Waals surface area contributed by atoms with Gasteiger partial charge in [0.25, 0.3) is 0 Å². The van der Waals surface area contributed by atoms with Gasteiger partial charge in [-0.1, -0.05) is 28.3 Å². The molecule has 0 saturated carbocycles. The first-order valence-corrected chi connectivity index (χ1v) is 10.2. The number of carbonyl (C=O) groups is 2. The largest absolute Gasteiger partial charge is 0.450 e. The number of piperazine rings is 1. The van der Waals surface area contributed by atoms with Gasteiger partial charge in [0.05, 0.1) is 12.4 Å². The van der Waals surface area contributed by atoms with E-state index in [9.17, 15) is 9.59 Å². The van der Waals surface area contributed by atoms with Crippen LogP contribution >= 0.6 is 23.1 Å². The van der Waals surface area contributed by atoms with Gasteiger partial charge in [0.2, 0.25) is 11.0 Å².